The molecule has 1 aromatic heterocycles. The van der Waals surface area contributed by atoms with E-state index in [2.05, 4.69) is 18.1 Å². The highest BCUT2D eigenvalue weighted by Crippen LogP contribution is 2.27. The minimum atomic E-state index is -3.52. The van der Waals surface area contributed by atoms with E-state index in [0.717, 1.165) is 18.4 Å². The van der Waals surface area contributed by atoms with Crippen molar-refractivity contribution in [2.24, 2.45) is 5.92 Å². The van der Waals surface area contributed by atoms with E-state index >= 15 is 0 Å². The maximum Gasteiger partial charge on any atom is 0.246 e. The number of nitrogens with zero attached hydrogens (tertiary/aromatic N) is 4. The molecule has 0 atom stereocenters. The Balaban J connectivity index is 1.88. The number of nitriles is 1. The van der Waals surface area contributed by atoms with Crippen LogP contribution < -0.4 is 0 Å². The van der Waals surface area contributed by atoms with E-state index in [4.69, 9.17) is 5.26 Å². The van der Waals surface area contributed by atoms with E-state index in [1.54, 1.807) is 28.0 Å². The molecule has 6 nitrogen and oxygen atoms in total. The van der Waals surface area contributed by atoms with Crippen molar-refractivity contribution in [2.45, 2.75) is 45.1 Å². The zero-order valence-corrected chi connectivity index (χ0v) is 16.3. The zero-order valence-electron chi connectivity index (χ0n) is 15.4. The minimum Gasteiger partial charge on any atom is -0.264 e. The number of piperidine rings is 1. The highest BCUT2D eigenvalue weighted by Gasteiger charge is 2.32. The topological polar surface area (TPSA) is 79.0 Å². The lowest BCUT2D eigenvalue weighted by atomic mass is 10.0. The van der Waals surface area contributed by atoms with Gasteiger partial charge in [0, 0.05) is 13.1 Å². The van der Waals surface area contributed by atoms with Crippen molar-refractivity contribution in [2.75, 3.05) is 13.1 Å². The molecule has 0 bridgehead atoms. The van der Waals surface area contributed by atoms with Crippen molar-refractivity contribution in [3.05, 3.63) is 46.8 Å². The third-order valence-electron chi connectivity index (χ3n) is 5.07. The van der Waals surface area contributed by atoms with Crippen LogP contribution >= 0.6 is 0 Å². The molecule has 2 aromatic rings. The lowest BCUT2D eigenvalue weighted by Crippen LogP contribution is -2.38. The predicted octanol–water partition coefficient (Wildman–Crippen LogP) is 2.84. The van der Waals surface area contributed by atoms with Crippen LogP contribution in [-0.4, -0.2) is 35.6 Å². The smallest absolute Gasteiger partial charge is 0.246 e. The Morgan fingerprint density at radius 3 is 2.38 bits per heavy atom. The Labute approximate surface area is 155 Å². The average Bonchev–Trinajstić information content (AvgIpc) is 2.90. The molecule has 0 amide bonds. The maximum atomic E-state index is 13.1. The summed E-state index contributed by atoms with van der Waals surface area (Å²) in [5.74, 6) is 0.572. The van der Waals surface area contributed by atoms with Crippen LogP contribution in [0.15, 0.2) is 29.2 Å². The number of aryl methyl sites for hydroxylation is 1. The summed E-state index contributed by atoms with van der Waals surface area (Å²) in [6, 6.07) is 9.35. The van der Waals surface area contributed by atoms with Crippen LogP contribution in [0.5, 0.6) is 0 Å². The van der Waals surface area contributed by atoms with Gasteiger partial charge in [0.05, 0.1) is 29.6 Å². The number of benzene rings is 1. The molecule has 1 saturated heterocycles. The molecule has 0 saturated carbocycles. The summed E-state index contributed by atoms with van der Waals surface area (Å²) < 4.78 is 29.6. The van der Waals surface area contributed by atoms with Gasteiger partial charge in [0.1, 0.15) is 4.90 Å². The van der Waals surface area contributed by atoms with Gasteiger partial charge >= 0.3 is 0 Å². The van der Waals surface area contributed by atoms with Crippen molar-refractivity contribution < 1.29 is 8.42 Å². The Morgan fingerprint density at radius 1 is 1.19 bits per heavy atom. The second kappa shape index (κ2) is 7.22. The summed E-state index contributed by atoms with van der Waals surface area (Å²) in [5.41, 5.74) is 2.77. The first-order chi connectivity index (χ1) is 12.3. The first-order valence-corrected chi connectivity index (χ1v) is 10.3. The molecule has 0 spiro atoms. The van der Waals surface area contributed by atoms with E-state index in [1.165, 1.54) is 0 Å². The maximum absolute atomic E-state index is 13.1. The molecule has 2 heterocycles. The fourth-order valence-corrected chi connectivity index (χ4v) is 5.26. The molecule has 0 unspecified atom stereocenters. The first kappa shape index (κ1) is 18.6. The van der Waals surface area contributed by atoms with Crippen LogP contribution in [0.25, 0.3) is 0 Å². The van der Waals surface area contributed by atoms with Gasteiger partial charge in [-0.3, -0.25) is 4.68 Å². The van der Waals surface area contributed by atoms with Crippen molar-refractivity contribution in [3.8, 4) is 6.07 Å². The van der Waals surface area contributed by atoms with Gasteiger partial charge in [-0.2, -0.15) is 14.7 Å². The van der Waals surface area contributed by atoms with Gasteiger partial charge in [0.2, 0.25) is 10.0 Å². The van der Waals surface area contributed by atoms with Crippen molar-refractivity contribution >= 4 is 10.0 Å². The van der Waals surface area contributed by atoms with Gasteiger partial charge in [-0.15, -0.1) is 0 Å². The first-order valence-electron chi connectivity index (χ1n) is 8.86. The summed E-state index contributed by atoms with van der Waals surface area (Å²) in [7, 11) is -3.52. The quantitative estimate of drug-likeness (QED) is 0.827. The third kappa shape index (κ3) is 3.53. The highest BCUT2D eigenvalue weighted by atomic mass is 32.2. The van der Waals surface area contributed by atoms with Crippen LogP contribution in [-0.2, 0) is 16.6 Å². The molecule has 1 aliphatic rings. The third-order valence-corrected chi connectivity index (χ3v) is 7.22. The van der Waals surface area contributed by atoms with Gasteiger partial charge < -0.3 is 0 Å². The second-order valence-electron chi connectivity index (χ2n) is 7.05. The molecule has 0 aliphatic carbocycles. The number of rotatable bonds is 4. The van der Waals surface area contributed by atoms with Crippen LogP contribution in [0.3, 0.4) is 0 Å². The minimum absolute atomic E-state index is 0.334. The van der Waals surface area contributed by atoms with Crippen molar-refractivity contribution in [1.82, 2.24) is 14.1 Å². The van der Waals surface area contributed by atoms with Crippen LogP contribution in [0, 0.1) is 31.1 Å². The molecule has 7 heteroatoms. The molecule has 1 aliphatic heterocycles. The van der Waals surface area contributed by atoms with E-state index in [-0.39, 0.29) is 0 Å². The monoisotopic (exact) mass is 372 g/mol. The van der Waals surface area contributed by atoms with Gasteiger partial charge in [-0.25, -0.2) is 8.42 Å². The molecule has 1 aromatic carbocycles. The number of sulfonamides is 1. The Kier molecular flexibility index (Phi) is 5.17. The largest absolute Gasteiger partial charge is 0.264 e. The molecule has 26 heavy (non-hydrogen) atoms. The summed E-state index contributed by atoms with van der Waals surface area (Å²) in [6.45, 7) is 7.35. The summed E-state index contributed by atoms with van der Waals surface area (Å²) in [5, 5.41) is 13.4. The SMILES string of the molecule is Cc1nn(Cc2ccc(C#N)cc2)c(C)c1S(=O)(=O)N1CCC(C)CC1. The van der Waals surface area contributed by atoms with E-state index in [1.807, 2.05) is 19.1 Å². The molecule has 3 rings (SSSR count). The van der Waals surface area contributed by atoms with Gasteiger partial charge in [0.25, 0.3) is 0 Å². The lowest BCUT2D eigenvalue weighted by Gasteiger charge is -2.29. The highest BCUT2D eigenvalue weighted by molar-refractivity contribution is 7.89. The Bertz CT molecular complexity index is 931. The fourth-order valence-electron chi connectivity index (χ4n) is 3.42. The second-order valence-corrected chi connectivity index (χ2v) is 8.93. The Hall–Kier alpha value is -2.17. The average molecular weight is 372 g/mol. The molecular formula is C19H24N4O2S. The van der Waals surface area contributed by atoms with E-state index in [0.29, 0.717) is 47.4 Å². The lowest BCUT2D eigenvalue weighted by molar-refractivity contribution is 0.288. The van der Waals surface area contributed by atoms with E-state index in [9.17, 15) is 8.42 Å². The van der Waals surface area contributed by atoms with E-state index < -0.39 is 10.0 Å². The van der Waals surface area contributed by atoms with Crippen molar-refractivity contribution in [1.29, 1.82) is 5.26 Å². The van der Waals surface area contributed by atoms with Gasteiger partial charge in [-0.05, 0) is 50.3 Å². The number of hydrogen-bond acceptors (Lipinski definition) is 4. The molecule has 0 N–H and O–H groups in total. The molecule has 1 fully saturated rings. The summed E-state index contributed by atoms with van der Waals surface area (Å²) in [6.07, 6.45) is 1.80. The van der Waals surface area contributed by atoms with Crippen molar-refractivity contribution in [3.63, 3.8) is 0 Å². The Morgan fingerprint density at radius 2 is 1.81 bits per heavy atom. The molecule has 138 valence electrons. The van der Waals surface area contributed by atoms with Gasteiger partial charge in [0.15, 0.2) is 0 Å². The molecule has 0 radical (unpaired) electrons. The predicted molar refractivity (Wildman–Crippen MR) is 99.1 cm³/mol. The summed E-state index contributed by atoms with van der Waals surface area (Å²) >= 11 is 0. The number of hydrogen-bond donors (Lipinski definition) is 0. The van der Waals surface area contributed by atoms with Gasteiger partial charge in [-0.1, -0.05) is 19.1 Å². The normalized spacial score (nSPS) is 16.5. The summed E-state index contributed by atoms with van der Waals surface area (Å²) in [4.78, 5) is 0.334. The fraction of sp³-hybridized carbons (Fsp3) is 0.474. The zero-order chi connectivity index (χ0) is 18.9. The molecular weight excluding hydrogens is 348 g/mol. The van der Waals surface area contributed by atoms with Crippen LogP contribution in [0.1, 0.15) is 42.3 Å². The van der Waals surface area contributed by atoms with Crippen LogP contribution in [0.2, 0.25) is 0 Å². The standard InChI is InChI=1S/C19H24N4O2S/c1-14-8-10-22(11-9-14)26(24,25)19-15(2)21-23(16(19)3)13-18-6-4-17(12-20)5-7-18/h4-7,14H,8-11,13H2,1-3H3. The van der Waals surface area contributed by atoms with Crippen LogP contribution in [0.4, 0.5) is 0 Å². The number of aromatic nitrogens is 2.